The molecule has 1 atom stereocenters. The van der Waals surface area contributed by atoms with E-state index in [1.165, 1.54) is 0 Å². The van der Waals surface area contributed by atoms with Crippen molar-refractivity contribution in [2.24, 2.45) is 0 Å². The van der Waals surface area contributed by atoms with Crippen LogP contribution in [0.15, 0.2) is 5.38 Å². The molecule has 0 aromatic carbocycles. The average molecular weight is 350 g/mol. The molecule has 128 valence electrons. The molecule has 0 aliphatic carbocycles. The highest BCUT2D eigenvalue weighted by molar-refractivity contribution is 7.03. The van der Waals surface area contributed by atoms with Crippen LogP contribution in [0.2, 0.25) is 0 Å². The Bertz CT molecular complexity index is 727. The molecule has 0 fully saturated rings. The molecule has 3 rings (SSSR count). The second-order valence-corrected chi connectivity index (χ2v) is 6.40. The first-order valence-electron chi connectivity index (χ1n) is 7.58. The van der Waals surface area contributed by atoms with Gasteiger partial charge in [0.05, 0.1) is 18.4 Å². The van der Waals surface area contributed by atoms with Gasteiger partial charge < -0.3 is 15.4 Å². The molecular weight excluding hydrogens is 332 g/mol. The Morgan fingerprint density at radius 2 is 2.29 bits per heavy atom. The SMILES string of the molecule is CC(C)NC(=O)c1n[nH]c2c1CC(CNC(=O)c1csnn1)OC2. The maximum atomic E-state index is 12.2. The van der Waals surface area contributed by atoms with Crippen molar-refractivity contribution >= 4 is 23.3 Å². The summed E-state index contributed by atoms with van der Waals surface area (Å²) in [5.74, 6) is -0.496. The van der Waals surface area contributed by atoms with Crippen molar-refractivity contribution in [3.05, 3.63) is 28.0 Å². The molecule has 3 N–H and O–H groups in total. The zero-order valence-corrected chi connectivity index (χ0v) is 14.1. The van der Waals surface area contributed by atoms with E-state index in [1.54, 1.807) is 5.38 Å². The second kappa shape index (κ2) is 7.05. The van der Waals surface area contributed by atoms with E-state index in [9.17, 15) is 9.59 Å². The molecule has 0 radical (unpaired) electrons. The Balaban J connectivity index is 1.62. The molecule has 1 aliphatic heterocycles. The molecule has 2 amide bonds. The van der Waals surface area contributed by atoms with E-state index in [4.69, 9.17) is 4.74 Å². The van der Waals surface area contributed by atoms with Gasteiger partial charge in [0.25, 0.3) is 11.8 Å². The van der Waals surface area contributed by atoms with Crippen LogP contribution in [0.25, 0.3) is 0 Å². The fourth-order valence-corrected chi connectivity index (χ4v) is 2.87. The largest absolute Gasteiger partial charge is 0.370 e. The Morgan fingerprint density at radius 3 is 3.00 bits per heavy atom. The fourth-order valence-electron chi connectivity index (χ4n) is 2.44. The van der Waals surface area contributed by atoms with Crippen molar-refractivity contribution in [3.8, 4) is 0 Å². The van der Waals surface area contributed by atoms with Crippen molar-refractivity contribution in [1.82, 2.24) is 30.4 Å². The van der Waals surface area contributed by atoms with Crippen molar-refractivity contribution in [1.29, 1.82) is 0 Å². The third-order valence-corrected chi connectivity index (χ3v) is 4.07. The van der Waals surface area contributed by atoms with E-state index in [1.807, 2.05) is 13.8 Å². The number of hydrogen-bond acceptors (Lipinski definition) is 7. The number of amides is 2. The molecule has 0 saturated carbocycles. The molecule has 1 unspecified atom stereocenters. The highest BCUT2D eigenvalue weighted by atomic mass is 32.1. The monoisotopic (exact) mass is 350 g/mol. The Hall–Kier alpha value is -2.33. The van der Waals surface area contributed by atoms with Gasteiger partial charge >= 0.3 is 0 Å². The molecular formula is C14H18N6O3S. The molecule has 24 heavy (non-hydrogen) atoms. The van der Waals surface area contributed by atoms with Crippen LogP contribution in [-0.4, -0.2) is 50.3 Å². The normalized spacial score (nSPS) is 16.7. The summed E-state index contributed by atoms with van der Waals surface area (Å²) in [6.45, 7) is 4.44. The van der Waals surface area contributed by atoms with Gasteiger partial charge in [0.2, 0.25) is 0 Å². The minimum atomic E-state index is -0.289. The number of ether oxygens (including phenoxy) is 1. The molecule has 3 heterocycles. The number of hydrogen-bond donors (Lipinski definition) is 3. The number of rotatable bonds is 5. The lowest BCUT2D eigenvalue weighted by Gasteiger charge is -2.23. The molecule has 10 heteroatoms. The van der Waals surface area contributed by atoms with E-state index in [0.717, 1.165) is 22.8 Å². The first-order valence-corrected chi connectivity index (χ1v) is 8.42. The van der Waals surface area contributed by atoms with Gasteiger partial charge in [-0.15, -0.1) is 5.10 Å². The van der Waals surface area contributed by atoms with Crippen molar-refractivity contribution in [2.45, 2.75) is 39.0 Å². The van der Waals surface area contributed by atoms with Gasteiger partial charge in [0.15, 0.2) is 11.4 Å². The smallest absolute Gasteiger partial charge is 0.272 e. The van der Waals surface area contributed by atoms with Gasteiger partial charge in [-0.1, -0.05) is 4.49 Å². The molecule has 9 nitrogen and oxygen atoms in total. The van der Waals surface area contributed by atoms with Crippen LogP contribution < -0.4 is 10.6 Å². The highest BCUT2D eigenvalue weighted by Crippen LogP contribution is 2.22. The van der Waals surface area contributed by atoms with Crippen LogP contribution >= 0.6 is 11.5 Å². The molecule has 2 aromatic rings. The summed E-state index contributed by atoms with van der Waals surface area (Å²) in [5.41, 5.74) is 2.32. The zero-order chi connectivity index (χ0) is 17.1. The molecule has 2 aromatic heterocycles. The number of aromatic nitrogens is 4. The summed E-state index contributed by atoms with van der Waals surface area (Å²) in [4.78, 5) is 24.1. The number of nitrogens with one attached hydrogen (secondary N) is 3. The summed E-state index contributed by atoms with van der Waals surface area (Å²) in [7, 11) is 0. The van der Waals surface area contributed by atoms with Gasteiger partial charge in [0, 0.05) is 30.0 Å². The molecule has 0 bridgehead atoms. The van der Waals surface area contributed by atoms with Crippen molar-refractivity contribution < 1.29 is 14.3 Å². The van der Waals surface area contributed by atoms with Crippen LogP contribution in [0.4, 0.5) is 0 Å². The lowest BCUT2D eigenvalue weighted by molar-refractivity contribution is 0.0265. The van der Waals surface area contributed by atoms with Crippen LogP contribution in [0.1, 0.15) is 46.1 Å². The van der Waals surface area contributed by atoms with E-state index in [-0.39, 0.29) is 29.7 Å². The van der Waals surface area contributed by atoms with E-state index >= 15 is 0 Å². The Labute approximate surface area is 142 Å². The number of nitrogens with zero attached hydrogens (tertiary/aromatic N) is 3. The van der Waals surface area contributed by atoms with Gasteiger partial charge in [-0.3, -0.25) is 14.7 Å². The molecule has 1 aliphatic rings. The predicted octanol–water partition coefficient (Wildman–Crippen LogP) is 0.271. The van der Waals surface area contributed by atoms with E-state index in [2.05, 4.69) is 30.4 Å². The summed E-state index contributed by atoms with van der Waals surface area (Å²) in [6, 6.07) is 0.0338. The van der Waals surface area contributed by atoms with Gasteiger partial charge in [-0.05, 0) is 25.4 Å². The van der Waals surface area contributed by atoms with Crippen molar-refractivity contribution in [2.75, 3.05) is 6.54 Å². The number of carbonyl (C=O) groups excluding carboxylic acids is 2. The predicted molar refractivity (Wildman–Crippen MR) is 85.7 cm³/mol. The maximum Gasteiger partial charge on any atom is 0.272 e. The van der Waals surface area contributed by atoms with Gasteiger partial charge in [-0.2, -0.15) is 5.10 Å². The minimum Gasteiger partial charge on any atom is -0.370 e. The van der Waals surface area contributed by atoms with E-state index < -0.39 is 0 Å². The zero-order valence-electron chi connectivity index (χ0n) is 13.3. The standard InChI is InChI=1S/C14H18N6O3S/c1-7(2)16-14(22)12-9-3-8(23-5-10(9)17-19-12)4-15-13(21)11-6-24-20-18-11/h6-8H,3-5H2,1-2H3,(H,15,21)(H,16,22)(H,17,19). The van der Waals surface area contributed by atoms with Crippen molar-refractivity contribution in [3.63, 3.8) is 0 Å². The summed E-state index contributed by atoms with van der Waals surface area (Å²) in [5, 5.41) is 17.9. The number of H-pyrrole nitrogens is 1. The summed E-state index contributed by atoms with van der Waals surface area (Å²) < 4.78 is 9.35. The Morgan fingerprint density at radius 1 is 1.46 bits per heavy atom. The van der Waals surface area contributed by atoms with Gasteiger partial charge in [-0.25, -0.2) is 0 Å². The topological polar surface area (TPSA) is 122 Å². The number of aromatic amines is 1. The van der Waals surface area contributed by atoms with E-state index in [0.29, 0.717) is 25.3 Å². The maximum absolute atomic E-state index is 12.2. The quantitative estimate of drug-likeness (QED) is 0.711. The third-order valence-electron chi connectivity index (χ3n) is 3.57. The highest BCUT2D eigenvalue weighted by Gasteiger charge is 2.27. The van der Waals surface area contributed by atoms with Crippen LogP contribution in [0.5, 0.6) is 0 Å². The lowest BCUT2D eigenvalue weighted by Crippen LogP contribution is -2.37. The molecule has 0 saturated heterocycles. The first kappa shape index (κ1) is 16.5. The first-order chi connectivity index (χ1) is 11.5. The fraction of sp³-hybridized carbons (Fsp3) is 0.500. The molecule has 0 spiro atoms. The summed E-state index contributed by atoms with van der Waals surface area (Å²) in [6.07, 6.45) is 0.277. The number of carbonyl (C=O) groups is 2. The third kappa shape index (κ3) is 3.60. The van der Waals surface area contributed by atoms with Gasteiger partial charge in [0.1, 0.15) is 0 Å². The number of fused-ring (bicyclic) bond motifs is 1. The van der Waals surface area contributed by atoms with Crippen LogP contribution in [0.3, 0.4) is 0 Å². The summed E-state index contributed by atoms with van der Waals surface area (Å²) >= 11 is 1.12. The second-order valence-electron chi connectivity index (χ2n) is 5.79. The Kier molecular flexibility index (Phi) is 4.86. The average Bonchev–Trinajstić information content (AvgIpc) is 3.21. The minimum absolute atomic E-state index is 0.0338. The lowest BCUT2D eigenvalue weighted by atomic mass is 10.0. The van der Waals surface area contributed by atoms with Crippen LogP contribution in [-0.2, 0) is 17.8 Å². The van der Waals surface area contributed by atoms with Crippen LogP contribution in [0, 0.1) is 0 Å².